The van der Waals surface area contributed by atoms with Crippen molar-refractivity contribution in [3.63, 3.8) is 0 Å². The highest BCUT2D eigenvalue weighted by Gasteiger charge is 2.34. The average Bonchev–Trinajstić information content (AvgIpc) is 2.63. The van der Waals surface area contributed by atoms with Crippen LogP contribution in [-0.2, 0) is 4.74 Å². The zero-order chi connectivity index (χ0) is 14.8. The molecule has 1 saturated heterocycles. The molecule has 2 aliphatic heterocycles. The summed E-state index contributed by atoms with van der Waals surface area (Å²) in [6.07, 6.45) is -1.98. The molecule has 4 nitrogen and oxygen atoms in total. The number of hydrogen-bond donors (Lipinski definition) is 1. The van der Waals surface area contributed by atoms with Gasteiger partial charge in [0.25, 0.3) is 6.43 Å². The summed E-state index contributed by atoms with van der Waals surface area (Å²) in [4.78, 5) is 2.19. The average molecular weight is 335 g/mol. The van der Waals surface area contributed by atoms with Gasteiger partial charge in [-0.05, 0) is 12.1 Å². The molecule has 7 heteroatoms. The molecule has 3 rings (SSSR count). The molecule has 0 radical (unpaired) electrons. The molecule has 0 spiro atoms. The molecule has 1 aromatic rings. The van der Waals surface area contributed by atoms with Crippen LogP contribution < -0.4 is 15.0 Å². The van der Waals surface area contributed by atoms with Crippen LogP contribution in [0.2, 0.25) is 0 Å². The fourth-order valence-electron chi connectivity index (χ4n) is 3.16. The van der Waals surface area contributed by atoms with E-state index in [1.165, 1.54) is 6.07 Å². The van der Waals surface area contributed by atoms with Gasteiger partial charge in [0.2, 0.25) is 0 Å². The fraction of sp³-hybridized carbons (Fsp3) is 0.600. The Bertz CT molecular complexity index is 504. The van der Waals surface area contributed by atoms with Crippen LogP contribution in [0.4, 0.5) is 14.5 Å². The first-order valence-corrected chi connectivity index (χ1v) is 7.24. The minimum atomic E-state index is -2.54. The summed E-state index contributed by atoms with van der Waals surface area (Å²) in [5.74, 6) is 0.318. The van der Waals surface area contributed by atoms with Crippen molar-refractivity contribution in [2.24, 2.45) is 0 Å². The van der Waals surface area contributed by atoms with Gasteiger partial charge in [0.15, 0.2) is 5.75 Å². The minimum Gasteiger partial charge on any atom is -0.485 e. The maximum atomic E-state index is 13.3. The number of rotatable bonds is 3. The molecule has 0 aromatic heterocycles. The van der Waals surface area contributed by atoms with Gasteiger partial charge in [0.1, 0.15) is 6.10 Å². The van der Waals surface area contributed by atoms with E-state index in [1.807, 2.05) is 6.07 Å². The molecule has 1 fully saturated rings. The number of anilines is 1. The first-order chi connectivity index (χ1) is 10.2. The molecule has 0 bridgehead atoms. The highest BCUT2D eigenvalue weighted by molar-refractivity contribution is 5.85. The lowest BCUT2D eigenvalue weighted by atomic mass is 10.1. The first kappa shape index (κ1) is 17.2. The summed E-state index contributed by atoms with van der Waals surface area (Å²) in [6.45, 7) is 2.89. The summed E-state index contributed by atoms with van der Waals surface area (Å²) < 4.78 is 37.7. The smallest absolute Gasteiger partial charge is 0.267 e. The second kappa shape index (κ2) is 7.44. The number of fused-ring (bicyclic) bond motifs is 3. The van der Waals surface area contributed by atoms with Gasteiger partial charge in [0, 0.05) is 39.2 Å². The molecule has 2 aliphatic rings. The molecule has 0 aliphatic carbocycles. The van der Waals surface area contributed by atoms with E-state index in [0.29, 0.717) is 12.4 Å². The topological polar surface area (TPSA) is 33.7 Å². The number of para-hydroxylation sites is 1. The van der Waals surface area contributed by atoms with Crippen molar-refractivity contribution in [2.75, 3.05) is 38.3 Å². The van der Waals surface area contributed by atoms with E-state index in [-0.39, 0.29) is 30.1 Å². The van der Waals surface area contributed by atoms with Gasteiger partial charge < -0.3 is 19.7 Å². The zero-order valence-corrected chi connectivity index (χ0v) is 13.2. The fourth-order valence-corrected chi connectivity index (χ4v) is 3.16. The van der Waals surface area contributed by atoms with Crippen molar-refractivity contribution < 1.29 is 18.3 Å². The Labute approximate surface area is 135 Å². The number of alkyl halides is 2. The number of hydrogen-bond acceptors (Lipinski definition) is 4. The second-order valence-corrected chi connectivity index (χ2v) is 5.48. The minimum absolute atomic E-state index is 0. The lowest BCUT2D eigenvalue weighted by Gasteiger charge is -2.37. The third-order valence-electron chi connectivity index (χ3n) is 4.09. The lowest BCUT2D eigenvalue weighted by Crippen LogP contribution is -2.52. The van der Waals surface area contributed by atoms with E-state index < -0.39 is 6.43 Å². The highest BCUT2D eigenvalue weighted by atomic mass is 35.5. The Balaban J connectivity index is 0.00000176. The Morgan fingerprint density at radius 3 is 3.00 bits per heavy atom. The molecule has 124 valence electrons. The normalized spacial score (nSPS) is 23.9. The van der Waals surface area contributed by atoms with Crippen LogP contribution in [0.3, 0.4) is 0 Å². The number of piperazine rings is 1. The van der Waals surface area contributed by atoms with Gasteiger partial charge >= 0.3 is 0 Å². The van der Waals surface area contributed by atoms with Crippen molar-refractivity contribution in [3.05, 3.63) is 23.8 Å². The second-order valence-electron chi connectivity index (χ2n) is 5.48. The van der Waals surface area contributed by atoms with E-state index >= 15 is 0 Å². The van der Waals surface area contributed by atoms with E-state index in [2.05, 4.69) is 10.2 Å². The zero-order valence-electron chi connectivity index (χ0n) is 12.4. The molecule has 2 heterocycles. The van der Waals surface area contributed by atoms with Crippen molar-refractivity contribution in [3.8, 4) is 5.75 Å². The Morgan fingerprint density at radius 1 is 1.45 bits per heavy atom. The van der Waals surface area contributed by atoms with E-state index in [9.17, 15) is 8.78 Å². The van der Waals surface area contributed by atoms with Crippen molar-refractivity contribution in [1.29, 1.82) is 0 Å². The number of halogens is 3. The SMILES string of the molecule is COC[C@@H]1C[C@@H]2CNCCN2c2cccc(C(F)F)c2O1.Cl. The summed E-state index contributed by atoms with van der Waals surface area (Å²) >= 11 is 0. The molecule has 0 unspecified atom stereocenters. The van der Waals surface area contributed by atoms with Crippen molar-refractivity contribution in [2.45, 2.75) is 25.0 Å². The number of benzene rings is 1. The summed E-state index contributed by atoms with van der Waals surface area (Å²) in [6, 6.07) is 5.23. The summed E-state index contributed by atoms with van der Waals surface area (Å²) in [5.41, 5.74) is 0.741. The van der Waals surface area contributed by atoms with Gasteiger partial charge in [-0.15, -0.1) is 12.4 Å². The van der Waals surface area contributed by atoms with Crippen molar-refractivity contribution >= 4 is 18.1 Å². The van der Waals surface area contributed by atoms with Crippen LogP contribution in [0.1, 0.15) is 18.4 Å². The maximum Gasteiger partial charge on any atom is 0.267 e. The highest BCUT2D eigenvalue weighted by Crippen LogP contribution is 2.41. The number of ether oxygens (including phenoxy) is 2. The molecular weight excluding hydrogens is 314 g/mol. The molecule has 1 N–H and O–H groups in total. The van der Waals surface area contributed by atoms with E-state index in [0.717, 1.165) is 31.7 Å². The molecule has 22 heavy (non-hydrogen) atoms. The molecule has 1 aromatic carbocycles. The van der Waals surface area contributed by atoms with Crippen molar-refractivity contribution in [1.82, 2.24) is 5.32 Å². The van der Waals surface area contributed by atoms with Gasteiger partial charge in [0.05, 0.1) is 17.9 Å². The molecule has 2 atom stereocenters. The largest absolute Gasteiger partial charge is 0.485 e. The lowest BCUT2D eigenvalue weighted by molar-refractivity contribution is 0.0697. The van der Waals surface area contributed by atoms with Crippen LogP contribution in [0.5, 0.6) is 5.75 Å². The van der Waals surface area contributed by atoms with Crippen LogP contribution >= 0.6 is 12.4 Å². The molecule has 0 amide bonds. The van der Waals surface area contributed by atoms with Crippen LogP contribution in [0.15, 0.2) is 18.2 Å². The van der Waals surface area contributed by atoms with E-state index in [4.69, 9.17) is 9.47 Å². The quantitative estimate of drug-likeness (QED) is 0.921. The van der Waals surface area contributed by atoms with Crippen LogP contribution in [0, 0.1) is 0 Å². The monoisotopic (exact) mass is 334 g/mol. The predicted molar refractivity (Wildman–Crippen MR) is 83.6 cm³/mol. The van der Waals surface area contributed by atoms with E-state index in [1.54, 1.807) is 13.2 Å². The number of nitrogens with one attached hydrogen (secondary N) is 1. The Hall–Kier alpha value is -1.11. The predicted octanol–water partition coefficient (Wildman–Crippen LogP) is 2.62. The first-order valence-electron chi connectivity index (χ1n) is 7.24. The maximum absolute atomic E-state index is 13.3. The van der Waals surface area contributed by atoms with Gasteiger partial charge in [-0.25, -0.2) is 8.78 Å². The molecule has 0 saturated carbocycles. The third-order valence-corrected chi connectivity index (χ3v) is 4.09. The summed E-state index contributed by atoms with van der Waals surface area (Å²) in [5, 5.41) is 3.36. The van der Waals surface area contributed by atoms with Gasteiger partial charge in [-0.3, -0.25) is 0 Å². The summed E-state index contributed by atoms with van der Waals surface area (Å²) in [7, 11) is 1.60. The molecular formula is C15H21ClF2N2O2. The third kappa shape index (κ3) is 3.29. The number of nitrogens with zero attached hydrogens (tertiary/aromatic N) is 1. The van der Waals surface area contributed by atoms with Crippen LogP contribution in [-0.4, -0.2) is 45.5 Å². The Morgan fingerprint density at radius 2 is 2.27 bits per heavy atom. The van der Waals surface area contributed by atoms with Crippen LogP contribution in [0.25, 0.3) is 0 Å². The van der Waals surface area contributed by atoms with Gasteiger partial charge in [-0.1, -0.05) is 6.07 Å². The Kier molecular flexibility index (Phi) is 5.83. The van der Waals surface area contributed by atoms with Gasteiger partial charge in [-0.2, -0.15) is 0 Å². The standard InChI is InChI=1S/C15H20F2N2O2.ClH/c1-20-9-11-7-10-8-18-5-6-19(10)13-4-2-3-12(15(16)17)14(13)21-11;/h2-4,10-11,15,18H,5-9H2,1H3;1H/t10-,11+;/m1./s1. The number of methoxy groups -OCH3 is 1.